The molecule has 1 unspecified atom stereocenters. The molecule has 0 spiro atoms. The molecule has 0 aromatic carbocycles. The van der Waals surface area contributed by atoms with E-state index in [-0.39, 0.29) is 0 Å². The van der Waals surface area contributed by atoms with Crippen molar-refractivity contribution in [3.63, 3.8) is 0 Å². The Labute approximate surface area is 55.6 Å². The number of nitrogens with one attached hydrogen (secondary N) is 1. The Balaban J connectivity index is 2.05. The van der Waals surface area contributed by atoms with Gasteiger partial charge in [-0.15, -0.1) is 0 Å². The van der Waals surface area contributed by atoms with Crippen LogP contribution in [0.4, 0.5) is 0 Å². The van der Waals surface area contributed by atoms with E-state index in [1.807, 2.05) is 0 Å². The average Bonchev–Trinajstić information content (AvgIpc) is 2.34. The Morgan fingerprint density at radius 2 is 2.56 bits per heavy atom. The number of azo groups is 1. The molecule has 1 heterocycles. The van der Waals surface area contributed by atoms with Crippen molar-refractivity contribution in [1.29, 1.82) is 0 Å². The van der Waals surface area contributed by atoms with Gasteiger partial charge in [-0.2, -0.15) is 10.2 Å². The van der Waals surface area contributed by atoms with Gasteiger partial charge >= 0.3 is 0 Å². The van der Waals surface area contributed by atoms with Crippen molar-refractivity contribution in [2.45, 2.75) is 32.4 Å². The zero-order chi connectivity index (χ0) is 6.53. The van der Waals surface area contributed by atoms with E-state index in [4.69, 9.17) is 0 Å². The van der Waals surface area contributed by atoms with Gasteiger partial charge in [0.15, 0.2) is 0 Å². The van der Waals surface area contributed by atoms with Crippen LogP contribution in [-0.2, 0) is 0 Å². The molecule has 1 aliphatic rings. The molecule has 9 heavy (non-hydrogen) atoms. The van der Waals surface area contributed by atoms with Crippen LogP contribution >= 0.6 is 0 Å². The predicted octanol–water partition coefficient (Wildman–Crippen LogP) is 1.52. The maximum atomic E-state index is 3.99. The molecule has 3 nitrogen and oxygen atoms in total. The fourth-order valence-electron chi connectivity index (χ4n) is 0.884. The Morgan fingerprint density at radius 3 is 3.11 bits per heavy atom. The van der Waals surface area contributed by atoms with Crippen LogP contribution in [0.1, 0.15) is 26.2 Å². The molecular weight excluding hydrogens is 114 g/mol. The second-order valence-electron chi connectivity index (χ2n) is 2.28. The summed E-state index contributed by atoms with van der Waals surface area (Å²) in [4.78, 5) is 0. The van der Waals surface area contributed by atoms with Crippen LogP contribution in [0.15, 0.2) is 10.2 Å². The van der Waals surface area contributed by atoms with Crippen LogP contribution in [0.2, 0.25) is 0 Å². The fraction of sp³-hybridized carbons (Fsp3) is 1.00. The first-order chi connectivity index (χ1) is 4.43. The van der Waals surface area contributed by atoms with Crippen molar-refractivity contribution < 1.29 is 0 Å². The number of hydrogen-bond donors (Lipinski definition) is 1. The maximum Gasteiger partial charge on any atom is 0.122 e. The van der Waals surface area contributed by atoms with Crippen LogP contribution in [0, 0.1) is 0 Å². The highest BCUT2D eigenvalue weighted by Crippen LogP contribution is 2.05. The first-order valence-electron chi connectivity index (χ1n) is 3.53. The van der Waals surface area contributed by atoms with Gasteiger partial charge < -0.3 is 0 Å². The van der Waals surface area contributed by atoms with Crippen molar-refractivity contribution in [2.24, 2.45) is 10.2 Å². The first-order valence-corrected chi connectivity index (χ1v) is 3.53. The molecule has 0 aromatic heterocycles. The zero-order valence-corrected chi connectivity index (χ0v) is 5.80. The van der Waals surface area contributed by atoms with Crippen molar-refractivity contribution in [1.82, 2.24) is 5.32 Å². The van der Waals surface area contributed by atoms with E-state index < -0.39 is 0 Å². The minimum atomic E-state index is 0.324. The van der Waals surface area contributed by atoms with Crippen molar-refractivity contribution in [2.75, 3.05) is 6.67 Å². The van der Waals surface area contributed by atoms with Gasteiger partial charge in [0.05, 0.1) is 0 Å². The number of rotatable bonds is 3. The summed E-state index contributed by atoms with van der Waals surface area (Å²) in [5.41, 5.74) is 0. The molecule has 1 N–H and O–H groups in total. The predicted molar refractivity (Wildman–Crippen MR) is 36.2 cm³/mol. The molecule has 0 fully saturated rings. The number of hydrogen-bond acceptors (Lipinski definition) is 3. The van der Waals surface area contributed by atoms with E-state index in [0.717, 1.165) is 6.42 Å². The summed E-state index contributed by atoms with van der Waals surface area (Å²) < 4.78 is 0. The van der Waals surface area contributed by atoms with Crippen molar-refractivity contribution in [3.05, 3.63) is 0 Å². The molecule has 0 aromatic rings. The van der Waals surface area contributed by atoms with Gasteiger partial charge in [0.2, 0.25) is 0 Å². The van der Waals surface area contributed by atoms with E-state index in [2.05, 4.69) is 22.5 Å². The summed E-state index contributed by atoms with van der Waals surface area (Å²) in [6, 6.07) is 0. The molecule has 0 bridgehead atoms. The lowest BCUT2D eigenvalue weighted by atomic mass is 10.2. The van der Waals surface area contributed by atoms with Gasteiger partial charge in [-0.1, -0.05) is 19.8 Å². The highest BCUT2D eigenvalue weighted by molar-refractivity contribution is 4.64. The summed E-state index contributed by atoms with van der Waals surface area (Å²) >= 11 is 0. The molecule has 0 saturated carbocycles. The van der Waals surface area contributed by atoms with E-state index >= 15 is 0 Å². The first kappa shape index (κ1) is 6.68. The third-order valence-corrected chi connectivity index (χ3v) is 1.45. The van der Waals surface area contributed by atoms with Gasteiger partial charge in [0, 0.05) is 0 Å². The van der Waals surface area contributed by atoms with Gasteiger partial charge in [0.1, 0.15) is 12.8 Å². The Morgan fingerprint density at radius 1 is 1.67 bits per heavy atom. The van der Waals surface area contributed by atoms with Gasteiger partial charge in [-0.3, -0.25) is 5.32 Å². The van der Waals surface area contributed by atoms with Gasteiger partial charge in [-0.05, 0) is 6.42 Å². The Kier molecular flexibility index (Phi) is 2.64. The Hall–Kier alpha value is -0.440. The second-order valence-corrected chi connectivity index (χ2v) is 2.28. The van der Waals surface area contributed by atoms with Crippen LogP contribution in [-0.4, -0.2) is 12.8 Å². The normalized spacial score (nSPS) is 25.2. The molecule has 0 radical (unpaired) electrons. The number of unbranched alkanes of at least 4 members (excludes halogenated alkanes) is 1. The van der Waals surface area contributed by atoms with E-state index in [0.29, 0.717) is 12.8 Å². The monoisotopic (exact) mass is 127 g/mol. The minimum Gasteiger partial charge on any atom is -0.274 e. The second kappa shape index (κ2) is 3.56. The van der Waals surface area contributed by atoms with Gasteiger partial charge in [-0.25, -0.2) is 0 Å². The van der Waals surface area contributed by atoms with Crippen LogP contribution < -0.4 is 5.32 Å². The van der Waals surface area contributed by atoms with Gasteiger partial charge in [0.25, 0.3) is 0 Å². The summed E-state index contributed by atoms with van der Waals surface area (Å²) in [6.45, 7) is 2.90. The summed E-state index contributed by atoms with van der Waals surface area (Å²) in [7, 11) is 0. The molecule has 1 rings (SSSR count). The van der Waals surface area contributed by atoms with Crippen LogP contribution in [0.25, 0.3) is 0 Å². The van der Waals surface area contributed by atoms with Crippen molar-refractivity contribution >= 4 is 0 Å². The molecule has 1 atom stereocenters. The number of nitrogens with zero attached hydrogens (tertiary/aromatic N) is 2. The van der Waals surface area contributed by atoms with E-state index in [9.17, 15) is 0 Å². The Bertz CT molecular complexity index is 100. The average molecular weight is 127 g/mol. The van der Waals surface area contributed by atoms with Crippen LogP contribution in [0.3, 0.4) is 0 Å². The molecule has 0 saturated heterocycles. The van der Waals surface area contributed by atoms with Crippen molar-refractivity contribution in [3.8, 4) is 0 Å². The molecule has 0 amide bonds. The largest absolute Gasteiger partial charge is 0.274 e. The molecular formula is C6H13N3. The quantitative estimate of drug-likeness (QED) is 0.613. The zero-order valence-electron chi connectivity index (χ0n) is 5.80. The third kappa shape index (κ3) is 2.10. The SMILES string of the molecule is CCCCC1N=NCN1. The summed E-state index contributed by atoms with van der Waals surface area (Å²) in [5, 5.41) is 11.0. The smallest absolute Gasteiger partial charge is 0.122 e. The van der Waals surface area contributed by atoms with Crippen LogP contribution in [0.5, 0.6) is 0 Å². The standard InChI is InChI=1S/C6H13N3/c1-2-3-4-6-7-5-8-9-6/h6-7H,2-5H2,1H3. The molecule has 3 heteroatoms. The topological polar surface area (TPSA) is 36.8 Å². The van der Waals surface area contributed by atoms with E-state index in [1.54, 1.807) is 0 Å². The molecule has 0 aliphatic carbocycles. The summed E-state index contributed by atoms with van der Waals surface area (Å²) in [5.74, 6) is 0. The molecule has 1 aliphatic heterocycles. The lowest BCUT2D eigenvalue weighted by Crippen LogP contribution is -2.21. The van der Waals surface area contributed by atoms with E-state index in [1.165, 1.54) is 12.8 Å². The minimum absolute atomic E-state index is 0.324. The third-order valence-electron chi connectivity index (χ3n) is 1.45. The lowest BCUT2D eigenvalue weighted by Gasteiger charge is -2.02. The molecule has 52 valence electrons. The lowest BCUT2D eigenvalue weighted by molar-refractivity contribution is 0.531. The summed E-state index contributed by atoms with van der Waals surface area (Å²) in [6.07, 6.45) is 3.95. The maximum absolute atomic E-state index is 3.99. The highest BCUT2D eigenvalue weighted by Gasteiger charge is 2.07. The fourth-order valence-corrected chi connectivity index (χ4v) is 0.884. The highest BCUT2D eigenvalue weighted by atomic mass is 15.3.